The molecule has 1 amide bonds. The average molecular weight is 421 g/mol. The summed E-state index contributed by atoms with van der Waals surface area (Å²) in [6.07, 6.45) is 2.55. The number of ether oxygens (including phenoxy) is 4. The molecule has 0 aliphatic carbocycles. The summed E-state index contributed by atoms with van der Waals surface area (Å²) in [6.45, 7) is 9.05. The zero-order valence-corrected chi connectivity index (χ0v) is 18.5. The molecule has 0 saturated heterocycles. The van der Waals surface area contributed by atoms with Crippen LogP contribution in [0.5, 0.6) is 5.75 Å². The Bertz CT molecular complexity index is 778. The molecular formula is C22H31NO7. The molecule has 0 atom stereocenters. The summed E-state index contributed by atoms with van der Waals surface area (Å²) in [5, 5.41) is 2.41. The largest absolute Gasteiger partial charge is 0.494 e. The molecule has 8 nitrogen and oxygen atoms in total. The predicted molar refractivity (Wildman–Crippen MR) is 112 cm³/mol. The van der Waals surface area contributed by atoms with Crippen molar-refractivity contribution in [3.8, 4) is 5.75 Å². The van der Waals surface area contributed by atoms with Gasteiger partial charge in [0.15, 0.2) is 0 Å². The number of amides is 1. The Morgan fingerprint density at radius 3 is 2.43 bits per heavy atom. The second-order valence-corrected chi connectivity index (χ2v) is 7.52. The fourth-order valence-corrected chi connectivity index (χ4v) is 2.28. The average Bonchev–Trinajstić information content (AvgIpc) is 2.65. The van der Waals surface area contributed by atoms with Crippen molar-refractivity contribution in [1.82, 2.24) is 5.32 Å². The van der Waals surface area contributed by atoms with Gasteiger partial charge in [-0.1, -0.05) is 19.4 Å². The van der Waals surface area contributed by atoms with E-state index in [2.05, 4.69) is 12.2 Å². The third-order valence-electron chi connectivity index (χ3n) is 3.65. The first kappa shape index (κ1) is 25.0. The smallest absolute Gasteiger partial charge is 0.412 e. The van der Waals surface area contributed by atoms with Crippen LogP contribution in [-0.4, -0.2) is 37.3 Å². The SMILES string of the molecule is CCCCOc1ccc(/C=C(\NC(=O)OC(C)(C)C)C(=O)OC)c(COC(C)=O)c1. The van der Waals surface area contributed by atoms with E-state index in [0.717, 1.165) is 12.8 Å². The Labute approximate surface area is 177 Å². The molecule has 1 rings (SSSR count). The Balaban J connectivity index is 3.22. The van der Waals surface area contributed by atoms with Gasteiger partial charge in [0.2, 0.25) is 0 Å². The molecule has 0 fully saturated rings. The summed E-state index contributed by atoms with van der Waals surface area (Å²) in [4.78, 5) is 35.5. The van der Waals surface area contributed by atoms with E-state index in [1.165, 1.54) is 20.1 Å². The number of methoxy groups -OCH3 is 1. The molecule has 0 heterocycles. The lowest BCUT2D eigenvalue weighted by atomic mass is 10.1. The molecule has 0 bridgehead atoms. The van der Waals surface area contributed by atoms with E-state index in [9.17, 15) is 14.4 Å². The number of unbranched alkanes of at least 4 members (excludes halogenated alkanes) is 1. The third kappa shape index (κ3) is 9.45. The first-order chi connectivity index (χ1) is 14.1. The maximum Gasteiger partial charge on any atom is 0.412 e. The minimum atomic E-state index is -0.791. The van der Waals surface area contributed by atoms with Crippen LogP contribution in [0.4, 0.5) is 4.79 Å². The van der Waals surface area contributed by atoms with Gasteiger partial charge in [-0.25, -0.2) is 9.59 Å². The number of carbonyl (C=O) groups is 3. The van der Waals surface area contributed by atoms with Crippen molar-refractivity contribution in [2.75, 3.05) is 13.7 Å². The van der Waals surface area contributed by atoms with Gasteiger partial charge < -0.3 is 18.9 Å². The molecule has 0 unspecified atom stereocenters. The summed E-state index contributed by atoms with van der Waals surface area (Å²) in [5.74, 6) is -0.577. The summed E-state index contributed by atoms with van der Waals surface area (Å²) >= 11 is 0. The maximum atomic E-state index is 12.2. The van der Waals surface area contributed by atoms with Crippen LogP contribution in [0, 0.1) is 0 Å². The number of benzene rings is 1. The van der Waals surface area contributed by atoms with Crippen LogP contribution in [0.3, 0.4) is 0 Å². The van der Waals surface area contributed by atoms with Crippen LogP contribution in [0.25, 0.3) is 6.08 Å². The van der Waals surface area contributed by atoms with Crippen LogP contribution in [0.2, 0.25) is 0 Å². The monoisotopic (exact) mass is 421 g/mol. The van der Waals surface area contributed by atoms with Gasteiger partial charge in [0.1, 0.15) is 23.7 Å². The van der Waals surface area contributed by atoms with E-state index in [0.29, 0.717) is 23.5 Å². The number of hydrogen-bond donors (Lipinski definition) is 1. The lowest BCUT2D eigenvalue weighted by Gasteiger charge is -2.20. The van der Waals surface area contributed by atoms with Crippen molar-refractivity contribution in [2.24, 2.45) is 0 Å². The molecule has 0 radical (unpaired) electrons. The lowest BCUT2D eigenvalue weighted by molar-refractivity contribution is -0.142. The Kier molecular flexibility index (Phi) is 9.88. The molecule has 0 aliphatic heterocycles. The molecule has 1 aromatic rings. The summed E-state index contributed by atoms with van der Waals surface area (Å²) < 4.78 is 20.8. The highest BCUT2D eigenvalue weighted by Gasteiger charge is 2.20. The van der Waals surface area contributed by atoms with Gasteiger partial charge >= 0.3 is 18.0 Å². The first-order valence-corrected chi connectivity index (χ1v) is 9.74. The number of carbonyl (C=O) groups excluding carboxylic acids is 3. The number of alkyl carbamates (subject to hydrolysis) is 1. The molecule has 0 saturated carbocycles. The normalized spacial score (nSPS) is 11.5. The van der Waals surface area contributed by atoms with Crippen LogP contribution >= 0.6 is 0 Å². The minimum absolute atomic E-state index is 0.0208. The van der Waals surface area contributed by atoms with E-state index in [4.69, 9.17) is 18.9 Å². The number of hydrogen-bond acceptors (Lipinski definition) is 7. The van der Waals surface area contributed by atoms with Gasteiger partial charge in [-0.05, 0) is 51.0 Å². The third-order valence-corrected chi connectivity index (χ3v) is 3.65. The second-order valence-electron chi connectivity index (χ2n) is 7.52. The summed E-state index contributed by atoms with van der Waals surface area (Å²) in [5.41, 5.74) is 0.307. The first-order valence-electron chi connectivity index (χ1n) is 9.74. The molecule has 30 heavy (non-hydrogen) atoms. The molecule has 0 aliphatic rings. The quantitative estimate of drug-likeness (QED) is 0.279. The molecule has 0 spiro atoms. The Morgan fingerprint density at radius 1 is 1.17 bits per heavy atom. The van der Waals surface area contributed by atoms with Crippen molar-refractivity contribution in [3.63, 3.8) is 0 Å². The fourth-order valence-electron chi connectivity index (χ4n) is 2.28. The zero-order valence-electron chi connectivity index (χ0n) is 18.5. The highest BCUT2D eigenvalue weighted by atomic mass is 16.6. The number of esters is 2. The number of nitrogens with one attached hydrogen (secondary N) is 1. The number of rotatable bonds is 9. The topological polar surface area (TPSA) is 100 Å². The van der Waals surface area contributed by atoms with Crippen LogP contribution in [-0.2, 0) is 30.4 Å². The van der Waals surface area contributed by atoms with Gasteiger partial charge in [-0.2, -0.15) is 0 Å². The zero-order chi connectivity index (χ0) is 22.7. The van der Waals surface area contributed by atoms with Crippen LogP contribution in [0.15, 0.2) is 23.9 Å². The van der Waals surface area contributed by atoms with Crippen molar-refractivity contribution >= 4 is 24.1 Å². The van der Waals surface area contributed by atoms with Crippen molar-refractivity contribution in [2.45, 2.75) is 59.7 Å². The van der Waals surface area contributed by atoms with Crippen LogP contribution in [0.1, 0.15) is 58.6 Å². The van der Waals surface area contributed by atoms with E-state index in [1.54, 1.807) is 39.0 Å². The minimum Gasteiger partial charge on any atom is -0.494 e. The predicted octanol–water partition coefficient (Wildman–Crippen LogP) is 3.97. The fraction of sp³-hybridized carbons (Fsp3) is 0.500. The molecular weight excluding hydrogens is 390 g/mol. The van der Waals surface area contributed by atoms with Gasteiger partial charge in [0, 0.05) is 12.5 Å². The highest BCUT2D eigenvalue weighted by molar-refractivity contribution is 5.97. The Hall–Kier alpha value is -3.03. The maximum absolute atomic E-state index is 12.2. The summed E-state index contributed by atoms with van der Waals surface area (Å²) in [6, 6.07) is 5.17. The molecule has 166 valence electrons. The second kappa shape index (κ2) is 11.8. The lowest BCUT2D eigenvalue weighted by Crippen LogP contribution is -2.34. The van der Waals surface area contributed by atoms with Gasteiger partial charge in [0.25, 0.3) is 0 Å². The Morgan fingerprint density at radius 2 is 1.87 bits per heavy atom. The van der Waals surface area contributed by atoms with Gasteiger partial charge in [-0.3, -0.25) is 10.1 Å². The van der Waals surface area contributed by atoms with E-state index in [1.807, 2.05) is 0 Å². The van der Waals surface area contributed by atoms with Crippen molar-refractivity contribution in [1.29, 1.82) is 0 Å². The molecule has 0 aromatic heterocycles. The highest BCUT2D eigenvalue weighted by Crippen LogP contribution is 2.22. The van der Waals surface area contributed by atoms with E-state index >= 15 is 0 Å². The standard InChI is InChI=1S/C22H31NO7/c1-7-8-11-28-18-10-9-16(17(12-18)14-29-15(2)24)13-19(20(25)27-6)23-21(26)30-22(3,4)5/h9-10,12-13H,7-8,11,14H2,1-6H3,(H,23,26)/b19-13-. The molecule has 8 heteroatoms. The summed E-state index contributed by atoms with van der Waals surface area (Å²) in [7, 11) is 1.21. The van der Waals surface area contributed by atoms with Crippen molar-refractivity contribution in [3.05, 3.63) is 35.0 Å². The van der Waals surface area contributed by atoms with Crippen molar-refractivity contribution < 1.29 is 33.3 Å². The van der Waals surface area contributed by atoms with E-state index < -0.39 is 23.6 Å². The van der Waals surface area contributed by atoms with Gasteiger partial charge in [-0.15, -0.1) is 0 Å². The molecule has 1 aromatic carbocycles. The van der Waals surface area contributed by atoms with Crippen LogP contribution < -0.4 is 10.1 Å². The van der Waals surface area contributed by atoms with E-state index in [-0.39, 0.29) is 12.3 Å². The molecule has 1 N–H and O–H groups in total. The van der Waals surface area contributed by atoms with Gasteiger partial charge in [0.05, 0.1) is 13.7 Å².